The van der Waals surface area contributed by atoms with Gasteiger partial charge in [0.25, 0.3) is 5.91 Å². The third-order valence-corrected chi connectivity index (χ3v) is 6.66. The highest BCUT2D eigenvalue weighted by Crippen LogP contribution is 2.30. The van der Waals surface area contributed by atoms with Crippen LogP contribution in [-0.4, -0.2) is 27.7 Å². The molecule has 0 aliphatic heterocycles. The summed E-state index contributed by atoms with van der Waals surface area (Å²) in [4.78, 5) is 33.7. The zero-order valence-corrected chi connectivity index (χ0v) is 18.6. The number of nitrogens with one attached hydrogen (secondary N) is 1. The van der Waals surface area contributed by atoms with Crippen LogP contribution in [0.3, 0.4) is 0 Å². The smallest absolute Gasteiger partial charge is 0.273 e. The molecule has 0 radical (unpaired) electrons. The van der Waals surface area contributed by atoms with Crippen molar-refractivity contribution in [2.75, 3.05) is 0 Å². The van der Waals surface area contributed by atoms with Crippen molar-refractivity contribution in [3.8, 4) is 0 Å². The Hall–Kier alpha value is -3.06. The lowest BCUT2D eigenvalue weighted by Gasteiger charge is -2.32. The summed E-state index contributed by atoms with van der Waals surface area (Å²) in [5.74, 6) is -0.876. The number of amides is 2. The van der Waals surface area contributed by atoms with Crippen molar-refractivity contribution in [3.63, 3.8) is 0 Å². The summed E-state index contributed by atoms with van der Waals surface area (Å²) in [6, 6.07) is 14.2. The van der Waals surface area contributed by atoms with Crippen LogP contribution in [0.5, 0.6) is 0 Å². The van der Waals surface area contributed by atoms with E-state index in [1.54, 1.807) is 41.4 Å². The molecule has 1 fully saturated rings. The molecule has 0 spiro atoms. The van der Waals surface area contributed by atoms with Gasteiger partial charge in [0.15, 0.2) is 0 Å². The molecule has 1 N–H and O–H groups in total. The van der Waals surface area contributed by atoms with Crippen molar-refractivity contribution in [2.45, 2.75) is 50.7 Å². The molecule has 2 aromatic heterocycles. The highest BCUT2D eigenvalue weighted by Gasteiger charge is 2.34. The quantitative estimate of drug-likeness (QED) is 0.543. The Morgan fingerprint density at radius 2 is 1.84 bits per heavy atom. The van der Waals surface area contributed by atoms with Crippen molar-refractivity contribution in [2.24, 2.45) is 0 Å². The van der Waals surface area contributed by atoms with Gasteiger partial charge in [0.1, 0.15) is 17.6 Å². The highest BCUT2D eigenvalue weighted by molar-refractivity contribution is 7.10. The third kappa shape index (κ3) is 5.40. The molecular formula is C25H26FN3O2S. The Bertz CT molecular complexity index is 1020. The number of pyridine rings is 1. The predicted molar refractivity (Wildman–Crippen MR) is 123 cm³/mol. The number of thiophene rings is 1. The lowest BCUT2D eigenvalue weighted by Crippen LogP contribution is -2.46. The van der Waals surface area contributed by atoms with E-state index >= 15 is 0 Å². The molecule has 1 saturated carbocycles. The number of halogens is 1. The van der Waals surface area contributed by atoms with Gasteiger partial charge in [-0.15, -0.1) is 11.3 Å². The molecule has 1 atom stereocenters. The minimum absolute atomic E-state index is 0.122. The number of hydrogen-bond acceptors (Lipinski definition) is 4. The van der Waals surface area contributed by atoms with Gasteiger partial charge < -0.3 is 10.2 Å². The summed E-state index contributed by atoms with van der Waals surface area (Å²) >= 11 is 1.44. The SMILES string of the molecule is O=C(NC1CCCCC1)C(c1cccs1)N(Cc1ccc(F)cc1)C(=O)c1ccccn1. The van der Waals surface area contributed by atoms with Gasteiger partial charge in [0.2, 0.25) is 5.91 Å². The standard InChI is InChI=1S/C25H26FN3O2S/c26-19-13-11-18(12-14-19)17-29(25(31)21-9-4-5-15-27-21)23(22-10-6-16-32-22)24(30)28-20-7-2-1-3-8-20/h4-6,9-16,20,23H,1-3,7-8,17H2,(H,28,30). The molecule has 0 saturated heterocycles. The summed E-state index contributed by atoms with van der Waals surface area (Å²) in [6.45, 7) is 0.163. The Labute approximate surface area is 191 Å². The van der Waals surface area contributed by atoms with E-state index in [-0.39, 0.29) is 35.9 Å². The highest BCUT2D eigenvalue weighted by atomic mass is 32.1. The maximum absolute atomic E-state index is 13.6. The molecule has 1 aliphatic rings. The second-order valence-electron chi connectivity index (χ2n) is 8.04. The van der Waals surface area contributed by atoms with E-state index in [2.05, 4.69) is 10.3 Å². The van der Waals surface area contributed by atoms with Crippen LogP contribution in [0.15, 0.2) is 66.2 Å². The first-order chi connectivity index (χ1) is 15.6. The van der Waals surface area contributed by atoms with Crippen molar-refractivity contribution >= 4 is 23.2 Å². The number of rotatable bonds is 7. The summed E-state index contributed by atoms with van der Waals surface area (Å²) in [5.41, 5.74) is 1.00. The molecule has 3 aromatic rings. The average molecular weight is 452 g/mol. The Kier molecular flexibility index (Phi) is 7.27. The molecule has 166 valence electrons. The van der Waals surface area contributed by atoms with Crippen LogP contribution in [-0.2, 0) is 11.3 Å². The summed E-state index contributed by atoms with van der Waals surface area (Å²) in [6.07, 6.45) is 6.85. The molecule has 2 amide bonds. The van der Waals surface area contributed by atoms with Gasteiger partial charge in [-0.2, -0.15) is 0 Å². The molecular weight excluding hydrogens is 425 g/mol. The summed E-state index contributed by atoms with van der Waals surface area (Å²) in [5, 5.41) is 5.08. The van der Waals surface area contributed by atoms with Gasteiger partial charge in [-0.05, 0) is 54.1 Å². The maximum Gasteiger partial charge on any atom is 0.273 e. The van der Waals surface area contributed by atoms with E-state index < -0.39 is 6.04 Å². The molecule has 0 bridgehead atoms. The van der Waals surface area contributed by atoms with Gasteiger partial charge in [-0.3, -0.25) is 14.6 Å². The van der Waals surface area contributed by atoms with Gasteiger partial charge in [-0.25, -0.2) is 4.39 Å². The third-order valence-electron chi connectivity index (χ3n) is 5.74. The zero-order chi connectivity index (χ0) is 22.3. The van der Waals surface area contributed by atoms with Crippen LogP contribution in [0, 0.1) is 5.82 Å². The number of aromatic nitrogens is 1. The maximum atomic E-state index is 13.6. The van der Waals surface area contributed by atoms with Crippen LogP contribution in [0.1, 0.15) is 59.1 Å². The lowest BCUT2D eigenvalue weighted by molar-refractivity contribution is -0.127. The van der Waals surface area contributed by atoms with Crippen molar-refractivity contribution in [1.29, 1.82) is 0 Å². The minimum atomic E-state index is -0.795. The first kappa shape index (κ1) is 22.1. The molecule has 1 aliphatic carbocycles. The van der Waals surface area contributed by atoms with E-state index in [1.807, 2.05) is 17.5 Å². The first-order valence-corrected chi connectivity index (χ1v) is 11.8. The van der Waals surface area contributed by atoms with Gasteiger partial charge >= 0.3 is 0 Å². The van der Waals surface area contributed by atoms with Crippen LogP contribution < -0.4 is 5.32 Å². The van der Waals surface area contributed by atoms with Crippen LogP contribution in [0.4, 0.5) is 4.39 Å². The van der Waals surface area contributed by atoms with Gasteiger partial charge in [0.05, 0.1) is 0 Å². The van der Waals surface area contributed by atoms with E-state index in [0.29, 0.717) is 0 Å². The number of nitrogens with zero attached hydrogens (tertiary/aromatic N) is 2. The fourth-order valence-corrected chi connectivity index (χ4v) is 4.94. The van der Waals surface area contributed by atoms with Gasteiger partial charge in [-0.1, -0.05) is 43.5 Å². The second kappa shape index (κ2) is 10.5. The number of carbonyl (C=O) groups is 2. The van der Waals surface area contributed by atoms with Crippen LogP contribution in [0.2, 0.25) is 0 Å². The number of carbonyl (C=O) groups excluding carboxylic acids is 2. The lowest BCUT2D eigenvalue weighted by atomic mass is 9.95. The fraction of sp³-hybridized carbons (Fsp3) is 0.320. The molecule has 5 nitrogen and oxygen atoms in total. The topological polar surface area (TPSA) is 62.3 Å². The zero-order valence-electron chi connectivity index (χ0n) is 17.7. The van der Waals surface area contributed by atoms with Crippen LogP contribution in [0.25, 0.3) is 0 Å². The second-order valence-corrected chi connectivity index (χ2v) is 9.02. The Balaban J connectivity index is 1.68. The molecule has 7 heteroatoms. The van der Waals surface area contributed by atoms with Crippen LogP contribution >= 0.6 is 11.3 Å². The van der Waals surface area contributed by atoms with Crippen molar-refractivity contribution in [1.82, 2.24) is 15.2 Å². The van der Waals surface area contributed by atoms with E-state index in [1.165, 1.54) is 29.9 Å². The Morgan fingerprint density at radius 3 is 2.50 bits per heavy atom. The molecule has 1 aromatic carbocycles. The van der Waals surface area contributed by atoms with E-state index in [4.69, 9.17) is 0 Å². The Morgan fingerprint density at radius 1 is 1.06 bits per heavy atom. The molecule has 4 rings (SSSR count). The van der Waals surface area contributed by atoms with Crippen molar-refractivity contribution in [3.05, 3.63) is 88.1 Å². The predicted octanol–water partition coefficient (Wildman–Crippen LogP) is 5.11. The molecule has 1 unspecified atom stereocenters. The fourth-order valence-electron chi connectivity index (χ4n) is 4.10. The first-order valence-electron chi connectivity index (χ1n) is 10.9. The van der Waals surface area contributed by atoms with E-state index in [0.717, 1.165) is 36.1 Å². The van der Waals surface area contributed by atoms with Crippen molar-refractivity contribution < 1.29 is 14.0 Å². The average Bonchev–Trinajstić information content (AvgIpc) is 3.35. The minimum Gasteiger partial charge on any atom is -0.351 e. The molecule has 32 heavy (non-hydrogen) atoms. The van der Waals surface area contributed by atoms with Gasteiger partial charge in [0, 0.05) is 23.7 Å². The largest absolute Gasteiger partial charge is 0.351 e. The monoisotopic (exact) mass is 451 g/mol. The number of hydrogen-bond donors (Lipinski definition) is 1. The van der Waals surface area contributed by atoms with E-state index in [9.17, 15) is 14.0 Å². The number of benzene rings is 1. The summed E-state index contributed by atoms with van der Waals surface area (Å²) < 4.78 is 13.5. The normalized spacial score (nSPS) is 15.2. The molecule has 2 heterocycles. The summed E-state index contributed by atoms with van der Waals surface area (Å²) in [7, 11) is 0.